The molecule has 0 saturated carbocycles. The zero-order valence-corrected chi connectivity index (χ0v) is 11.3. The molecule has 2 rings (SSSR count). The van der Waals surface area contributed by atoms with Crippen molar-refractivity contribution in [1.29, 1.82) is 0 Å². The lowest BCUT2D eigenvalue weighted by atomic mass is 9.85. The third kappa shape index (κ3) is 2.47. The molecule has 0 amide bonds. The molecule has 0 aliphatic carbocycles. The molecule has 0 aromatic heterocycles. The quantitative estimate of drug-likeness (QED) is 0.916. The summed E-state index contributed by atoms with van der Waals surface area (Å²) in [5, 5.41) is 10.8. The lowest BCUT2D eigenvalue weighted by Gasteiger charge is -2.28. The van der Waals surface area contributed by atoms with Crippen LogP contribution in [0.3, 0.4) is 0 Å². The third-order valence-corrected chi connectivity index (χ3v) is 3.36. The molecule has 2 aromatic rings. The summed E-state index contributed by atoms with van der Waals surface area (Å²) in [5.41, 5.74) is 0.792. The molecule has 1 N–H and O–H groups in total. The largest absolute Gasteiger partial charge is 0.496 e. The van der Waals surface area contributed by atoms with Crippen molar-refractivity contribution < 1.29 is 14.2 Å². The van der Waals surface area contributed by atoms with Crippen molar-refractivity contribution in [1.82, 2.24) is 0 Å². The highest BCUT2D eigenvalue weighted by atomic mass is 19.1. The summed E-state index contributed by atoms with van der Waals surface area (Å²) in [5.74, 6) is 0.0688. The molecule has 3 heteroatoms. The van der Waals surface area contributed by atoms with Gasteiger partial charge in [-0.15, -0.1) is 0 Å². The minimum Gasteiger partial charge on any atom is -0.496 e. The van der Waals surface area contributed by atoms with Gasteiger partial charge in [-0.2, -0.15) is 0 Å². The van der Waals surface area contributed by atoms with Crippen LogP contribution in [-0.2, 0) is 5.60 Å². The third-order valence-electron chi connectivity index (χ3n) is 3.36. The number of hydrogen-bond acceptors (Lipinski definition) is 2. The van der Waals surface area contributed by atoms with Crippen LogP contribution in [0.25, 0.3) is 0 Å². The monoisotopic (exact) mass is 260 g/mol. The van der Waals surface area contributed by atoms with Gasteiger partial charge in [0.2, 0.25) is 0 Å². The van der Waals surface area contributed by atoms with Gasteiger partial charge >= 0.3 is 0 Å². The first-order valence-electron chi connectivity index (χ1n) is 6.09. The number of rotatable bonds is 3. The van der Waals surface area contributed by atoms with Crippen LogP contribution in [-0.4, -0.2) is 12.2 Å². The summed E-state index contributed by atoms with van der Waals surface area (Å²) in [4.78, 5) is 0. The fraction of sp³-hybridized carbons (Fsp3) is 0.250. The van der Waals surface area contributed by atoms with Crippen LogP contribution >= 0.6 is 0 Å². The van der Waals surface area contributed by atoms with Gasteiger partial charge in [0.15, 0.2) is 0 Å². The van der Waals surface area contributed by atoms with Crippen molar-refractivity contribution in [3.63, 3.8) is 0 Å². The molecule has 0 radical (unpaired) electrons. The standard InChI is InChI=1S/C16H17FO2/c1-11-6-4-5-7-13(11)16(2,18)14-10-12(17)8-9-15(14)19-3/h4-10,18H,1-3H3. The number of hydrogen-bond donors (Lipinski definition) is 1. The maximum Gasteiger partial charge on any atom is 0.125 e. The zero-order chi connectivity index (χ0) is 14.0. The fourth-order valence-corrected chi connectivity index (χ4v) is 2.32. The highest BCUT2D eigenvalue weighted by Gasteiger charge is 2.30. The van der Waals surface area contributed by atoms with Crippen LogP contribution in [0.4, 0.5) is 4.39 Å². The Morgan fingerprint density at radius 2 is 1.79 bits per heavy atom. The van der Waals surface area contributed by atoms with E-state index in [2.05, 4.69) is 0 Å². The van der Waals surface area contributed by atoms with Gasteiger partial charge in [-0.1, -0.05) is 24.3 Å². The second-order valence-corrected chi connectivity index (χ2v) is 4.73. The van der Waals surface area contributed by atoms with Crippen molar-refractivity contribution in [2.24, 2.45) is 0 Å². The second kappa shape index (κ2) is 5.02. The molecule has 0 aliphatic heterocycles. The van der Waals surface area contributed by atoms with Gasteiger partial charge in [0.1, 0.15) is 17.2 Å². The Bertz CT molecular complexity index is 591. The molecule has 0 aliphatic rings. The summed E-state index contributed by atoms with van der Waals surface area (Å²) in [6, 6.07) is 11.6. The van der Waals surface area contributed by atoms with E-state index < -0.39 is 11.4 Å². The Hall–Kier alpha value is -1.87. The van der Waals surface area contributed by atoms with E-state index in [0.29, 0.717) is 11.3 Å². The van der Waals surface area contributed by atoms with E-state index in [4.69, 9.17) is 4.74 Å². The molecule has 2 nitrogen and oxygen atoms in total. The van der Waals surface area contributed by atoms with Gasteiger partial charge in [0.05, 0.1) is 7.11 Å². The Balaban J connectivity index is 2.62. The first kappa shape index (κ1) is 13.6. The van der Waals surface area contributed by atoms with Gasteiger partial charge in [-0.05, 0) is 43.2 Å². The predicted octanol–water partition coefficient (Wildman–Crippen LogP) is 3.40. The summed E-state index contributed by atoms with van der Waals surface area (Å²) in [7, 11) is 1.50. The Morgan fingerprint density at radius 3 is 2.42 bits per heavy atom. The highest BCUT2D eigenvalue weighted by molar-refractivity contribution is 5.46. The van der Waals surface area contributed by atoms with E-state index in [1.807, 2.05) is 31.2 Å². The van der Waals surface area contributed by atoms with E-state index >= 15 is 0 Å². The average Bonchev–Trinajstić information content (AvgIpc) is 2.39. The van der Waals surface area contributed by atoms with Gasteiger partial charge in [-0.25, -0.2) is 4.39 Å². The molecule has 0 saturated heterocycles. The number of aryl methyl sites for hydroxylation is 1. The first-order valence-corrected chi connectivity index (χ1v) is 6.09. The minimum atomic E-state index is -1.31. The van der Waals surface area contributed by atoms with Gasteiger partial charge in [-0.3, -0.25) is 0 Å². The lowest BCUT2D eigenvalue weighted by molar-refractivity contribution is 0.0978. The van der Waals surface area contributed by atoms with Crippen molar-refractivity contribution in [3.05, 3.63) is 65.0 Å². The number of benzene rings is 2. The van der Waals surface area contributed by atoms with E-state index in [1.165, 1.54) is 25.3 Å². The molecule has 0 spiro atoms. The average molecular weight is 260 g/mol. The number of aliphatic hydroxyl groups is 1. The summed E-state index contributed by atoms with van der Waals surface area (Å²) >= 11 is 0. The van der Waals surface area contributed by atoms with Gasteiger partial charge in [0.25, 0.3) is 0 Å². The van der Waals surface area contributed by atoms with Gasteiger partial charge in [0, 0.05) is 5.56 Å². The van der Waals surface area contributed by atoms with Crippen LogP contribution in [0.2, 0.25) is 0 Å². The van der Waals surface area contributed by atoms with E-state index in [9.17, 15) is 9.50 Å². The SMILES string of the molecule is COc1ccc(F)cc1C(C)(O)c1ccccc1C. The first-order chi connectivity index (χ1) is 8.96. The molecule has 1 atom stereocenters. The molecule has 19 heavy (non-hydrogen) atoms. The van der Waals surface area contributed by atoms with Crippen LogP contribution in [0.15, 0.2) is 42.5 Å². The number of halogens is 1. The van der Waals surface area contributed by atoms with Crippen LogP contribution in [0, 0.1) is 12.7 Å². The minimum absolute atomic E-state index is 0.398. The van der Waals surface area contributed by atoms with Crippen LogP contribution in [0.1, 0.15) is 23.6 Å². The molecule has 2 aromatic carbocycles. The Labute approximate surface area is 112 Å². The molecule has 1 unspecified atom stereocenters. The summed E-state index contributed by atoms with van der Waals surface area (Å²) < 4.78 is 18.7. The topological polar surface area (TPSA) is 29.5 Å². The van der Waals surface area contributed by atoms with E-state index in [1.54, 1.807) is 6.92 Å². The zero-order valence-electron chi connectivity index (χ0n) is 11.3. The van der Waals surface area contributed by atoms with Gasteiger partial charge < -0.3 is 9.84 Å². The van der Waals surface area contributed by atoms with Crippen LogP contribution < -0.4 is 4.74 Å². The predicted molar refractivity (Wildman–Crippen MR) is 72.8 cm³/mol. The maximum absolute atomic E-state index is 13.5. The smallest absolute Gasteiger partial charge is 0.125 e. The highest BCUT2D eigenvalue weighted by Crippen LogP contribution is 2.37. The van der Waals surface area contributed by atoms with E-state index in [-0.39, 0.29) is 0 Å². The van der Waals surface area contributed by atoms with Crippen molar-refractivity contribution >= 4 is 0 Å². The van der Waals surface area contributed by atoms with Crippen molar-refractivity contribution in [2.45, 2.75) is 19.4 Å². The molecule has 0 fully saturated rings. The number of ether oxygens (including phenoxy) is 1. The summed E-state index contributed by atoms with van der Waals surface area (Å²) in [6.07, 6.45) is 0. The summed E-state index contributed by atoms with van der Waals surface area (Å²) in [6.45, 7) is 3.56. The number of methoxy groups -OCH3 is 1. The fourth-order valence-electron chi connectivity index (χ4n) is 2.32. The van der Waals surface area contributed by atoms with Crippen molar-refractivity contribution in [2.75, 3.05) is 7.11 Å². The van der Waals surface area contributed by atoms with Crippen LogP contribution in [0.5, 0.6) is 5.75 Å². The van der Waals surface area contributed by atoms with E-state index in [0.717, 1.165) is 11.1 Å². The normalized spacial score (nSPS) is 13.9. The Morgan fingerprint density at radius 1 is 1.11 bits per heavy atom. The second-order valence-electron chi connectivity index (χ2n) is 4.73. The molecular weight excluding hydrogens is 243 g/mol. The lowest BCUT2D eigenvalue weighted by Crippen LogP contribution is -2.25. The Kier molecular flexibility index (Phi) is 3.58. The molecule has 100 valence electrons. The van der Waals surface area contributed by atoms with Crippen molar-refractivity contribution in [3.8, 4) is 5.75 Å². The molecule has 0 heterocycles. The molecular formula is C16H17FO2. The molecule has 0 bridgehead atoms. The maximum atomic E-state index is 13.5.